The summed E-state index contributed by atoms with van der Waals surface area (Å²) in [6, 6.07) is 52.4. The Kier molecular flexibility index (Phi) is 29.5. The van der Waals surface area contributed by atoms with Gasteiger partial charge in [0.05, 0.1) is 93.9 Å². The summed E-state index contributed by atoms with van der Waals surface area (Å²) < 4.78 is 53.3. The van der Waals surface area contributed by atoms with Crippen LogP contribution in [0.3, 0.4) is 0 Å². The van der Waals surface area contributed by atoms with Crippen LogP contribution in [0.1, 0.15) is 156 Å². The molecule has 0 radical (unpaired) electrons. The summed E-state index contributed by atoms with van der Waals surface area (Å²) in [7, 11) is 7.14. The van der Waals surface area contributed by atoms with Crippen LogP contribution in [0.4, 0.5) is 0 Å². The van der Waals surface area contributed by atoms with Crippen LogP contribution >= 0.6 is 101 Å². The van der Waals surface area contributed by atoms with Gasteiger partial charge < -0.3 is 38.1 Å². The number of hydrogen-bond donors (Lipinski definition) is 1. The van der Waals surface area contributed by atoms with Gasteiger partial charge in [0.25, 0.3) is 0 Å². The summed E-state index contributed by atoms with van der Waals surface area (Å²) in [4.78, 5) is 53.3. The first-order valence-electron chi connectivity index (χ1n) is 42.8. The number of carboxylic acid groups (broad SMARTS) is 1. The van der Waals surface area contributed by atoms with Crippen LogP contribution in [0.15, 0.2) is 172 Å². The molecule has 0 unspecified atom stereocenters. The van der Waals surface area contributed by atoms with Crippen LogP contribution in [-0.4, -0.2) is 146 Å². The Balaban J connectivity index is 0.000000140. The zero-order valence-electron chi connectivity index (χ0n) is 77.7. The number of benzene rings is 10. The number of hydrogen-bond acceptors (Lipinski definition) is 24. The number of aromatic nitrogens is 15. The summed E-state index contributed by atoms with van der Waals surface area (Å²) in [5.41, 5.74) is 20.4. The normalized spacial score (nSPS) is 13.9. The third-order valence-electron chi connectivity index (χ3n) is 22.0. The topological polar surface area (TPSA) is 298 Å². The Labute approximate surface area is 814 Å². The molecule has 0 saturated carbocycles. The number of rotatable bonds is 17. The summed E-state index contributed by atoms with van der Waals surface area (Å²) in [5.74, 6) is -1.86. The first-order chi connectivity index (χ1) is 62.7. The molecule has 35 heteroatoms. The van der Waals surface area contributed by atoms with E-state index in [1.807, 2.05) is 263 Å². The van der Waals surface area contributed by atoms with Crippen molar-refractivity contribution in [3.8, 4) is 54.5 Å². The minimum absolute atomic E-state index is 0.260. The van der Waals surface area contributed by atoms with E-state index in [1.54, 1.807) is 56.0 Å². The maximum Gasteiger partial charge on any atom is 0.494 e. The SMILES string of the molecule is CCOC(=O)[C@@H](OC(C)(C)C)c1c(C)cc2nc(-c3ccc4nnn(C)c4c3)sc2c1-c1ccc(Cl)cc1.CCOC(=O)[C@@H](OC(C)(C)C)c1c(C)cc2nc(Br)sc2c1-c1ccc(Cl)cc1.Cc1cc2nc(-c3ccc4nnn(C)c4c3)sc2c(-c2ccc(Cl)cc2)c1[C@H](OC(C)(C)C)C(=O)O.Cn1nnc2ccc(B3OC(C)(C)C(C)(C)O3)cc21.Cn1nnc2ccc(Br)cc21. The van der Waals surface area contributed by atoms with E-state index < -0.39 is 53.0 Å². The zero-order chi connectivity index (χ0) is 96.0. The number of esters is 2. The van der Waals surface area contributed by atoms with Gasteiger partial charge in [-0.2, -0.15) is 0 Å². The van der Waals surface area contributed by atoms with Crippen molar-refractivity contribution in [3.63, 3.8) is 0 Å². The molecule has 690 valence electrons. The van der Waals surface area contributed by atoms with Gasteiger partial charge in [0.2, 0.25) is 0 Å². The molecule has 3 atom stereocenters. The first-order valence-corrected chi connectivity index (χ1v) is 48.0. The number of nitrogens with zero attached hydrogens (tertiary/aromatic N) is 15. The van der Waals surface area contributed by atoms with Crippen LogP contribution in [-0.2, 0) is 75.6 Å². The summed E-state index contributed by atoms with van der Waals surface area (Å²) >= 11 is 30.0. The van der Waals surface area contributed by atoms with E-state index in [1.165, 1.54) is 22.7 Å². The first kappa shape index (κ1) is 98.6. The number of carbonyl (C=O) groups excluding carboxylic acids is 2. The maximum atomic E-state index is 13.3. The molecule has 17 aromatic rings. The Morgan fingerprint density at radius 2 is 0.729 bits per heavy atom. The maximum absolute atomic E-state index is 13.3. The van der Waals surface area contributed by atoms with Crippen molar-refractivity contribution in [1.29, 1.82) is 0 Å². The molecule has 133 heavy (non-hydrogen) atoms. The molecular weight excluding hydrogens is 1940 g/mol. The Bertz CT molecular complexity index is 7210. The highest BCUT2D eigenvalue weighted by Crippen LogP contribution is 2.50. The minimum Gasteiger partial charge on any atom is -0.479 e. The van der Waals surface area contributed by atoms with Gasteiger partial charge in [0, 0.05) is 92.2 Å². The fourth-order valence-electron chi connectivity index (χ4n) is 15.3. The van der Waals surface area contributed by atoms with Crippen molar-refractivity contribution < 1.29 is 52.5 Å². The molecule has 0 amide bonds. The van der Waals surface area contributed by atoms with Crippen LogP contribution < -0.4 is 5.46 Å². The van der Waals surface area contributed by atoms with Crippen molar-refractivity contribution in [3.05, 3.63) is 221 Å². The zero-order valence-corrected chi connectivity index (χ0v) is 85.6. The average Bonchev–Trinajstić information content (AvgIpc) is 1.63. The van der Waals surface area contributed by atoms with E-state index in [0.717, 1.165) is 171 Å². The van der Waals surface area contributed by atoms with Gasteiger partial charge >= 0.3 is 25.0 Å². The van der Waals surface area contributed by atoms with Crippen LogP contribution in [0, 0.1) is 20.8 Å². The third kappa shape index (κ3) is 22.2. The van der Waals surface area contributed by atoms with Gasteiger partial charge in [-0.1, -0.05) is 114 Å². The molecule has 7 aromatic heterocycles. The molecule has 18 rings (SSSR count). The lowest BCUT2D eigenvalue weighted by Gasteiger charge is -2.32. The van der Waals surface area contributed by atoms with E-state index in [-0.39, 0.29) is 31.5 Å². The number of thiazole rings is 3. The lowest BCUT2D eigenvalue weighted by Crippen LogP contribution is -2.41. The Morgan fingerprint density at radius 3 is 1.08 bits per heavy atom. The van der Waals surface area contributed by atoms with Crippen molar-refractivity contribution >= 4 is 206 Å². The molecule has 1 fully saturated rings. The monoisotopic (exact) mass is 2030 g/mol. The quantitative estimate of drug-likeness (QED) is 0.0654. The summed E-state index contributed by atoms with van der Waals surface area (Å²) in [6.45, 7) is 35.4. The predicted molar refractivity (Wildman–Crippen MR) is 539 cm³/mol. The van der Waals surface area contributed by atoms with Gasteiger partial charge in [0.1, 0.15) is 32.1 Å². The Morgan fingerprint density at radius 1 is 0.421 bits per heavy atom. The standard InChI is InChI=1S/C29H29ClN4O3S.C27H25ClN4O3S.C22H23BrClNO3S.C13H18BN3O2.C7H6BrN3/c1-7-36-28(35)25(37-29(3,4)5)23-16(2)14-21-26(24(23)17-8-11-19(30)12-9-17)38-27(31-21)18-10-13-20-22(15-18)34(6)33-32-20;1-14-12-19-24(36-25(29-19)16-8-11-18-20(13-16)32(5)31-30-18)22(15-6-9-17(28)10-7-15)21(14)23(26(33)34)35-27(2,3)4;1-6-27-20(26)18(28-22(3,4)5)16-12(2)11-15-19(29-21(23)25-15)17(16)13-7-9-14(24)10-8-13;1-12(2)13(3,4)19-14(18-12)9-6-7-10-11(8-9)17(5)16-15-10;1-11-7-4-5(8)2-3-6(7)9-10-11/h8-15,25H,7H2,1-6H3;6-13,23H,1-5H3,(H,33,34);7-11,18H,6H2,1-5H3;6-8H,1-5H3;2-4H,1H3/t25-;23-;18-;;/m000../s1. The average molecular weight is 2040 g/mol. The van der Waals surface area contributed by atoms with Crippen LogP contribution in [0.2, 0.25) is 15.1 Å². The smallest absolute Gasteiger partial charge is 0.479 e. The molecule has 0 aliphatic carbocycles. The number of aliphatic carboxylic acids is 1. The number of aryl methyl sites for hydroxylation is 7. The van der Waals surface area contributed by atoms with Crippen molar-refractivity contribution in [2.45, 2.75) is 171 Å². The molecule has 1 aliphatic heterocycles. The fraction of sp³-hybridized carbons (Fsp3) is 0.327. The van der Waals surface area contributed by atoms with Crippen LogP contribution in [0.25, 0.3) is 129 Å². The van der Waals surface area contributed by atoms with E-state index in [2.05, 4.69) is 106 Å². The van der Waals surface area contributed by atoms with E-state index in [9.17, 15) is 19.5 Å². The minimum atomic E-state index is -1.15. The second-order valence-electron chi connectivity index (χ2n) is 35.9. The summed E-state index contributed by atoms with van der Waals surface area (Å²) in [6.07, 6.45) is -2.92. The fourth-order valence-corrected chi connectivity index (χ4v) is 19.8. The van der Waals surface area contributed by atoms with E-state index in [4.69, 9.17) is 77.8 Å². The Hall–Kier alpha value is -10.4. The van der Waals surface area contributed by atoms with Gasteiger partial charge in [0.15, 0.2) is 22.2 Å². The van der Waals surface area contributed by atoms with Crippen molar-refractivity contribution in [2.24, 2.45) is 28.2 Å². The molecule has 26 nitrogen and oxygen atoms in total. The number of halogens is 5. The number of ether oxygens (including phenoxy) is 5. The van der Waals surface area contributed by atoms with Gasteiger partial charge in [-0.05, 0) is 301 Å². The molecular formula is C98H101BBr2Cl3N15O11S3. The van der Waals surface area contributed by atoms with Gasteiger partial charge in [-0.3, -0.25) is 0 Å². The van der Waals surface area contributed by atoms with E-state index >= 15 is 0 Å². The molecule has 1 N–H and O–H groups in total. The van der Waals surface area contributed by atoms with Crippen LogP contribution in [0.5, 0.6) is 0 Å². The second kappa shape index (κ2) is 39.9. The third-order valence-corrected chi connectivity index (χ3v) is 27.1. The molecule has 10 aromatic carbocycles. The van der Waals surface area contributed by atoms with Crippen molar-refractivity contribution in [2.75, 3.05) is 13.2 Å². The summed E-state index contributed by atoms with van der Waals surface area (Å²) in [5, 5.41) is 46.3. The predicted octanol–water partition coefficient (Wildman–Crippen LogP) is 24.2. The number of carbonyl (C=O) groups is 3. The molecule has 0 bridgehead atoms. The van der Waals surface area contributed by atoms with Crippen molar-refractivity contribution in [1.82, 2.24) is 74.9 Å². The highest BCUT2D eigenvalue weighted by molar-refractivity contribution is 9.11. The molecule has 1 saturated heterocycles. The molecule has 0 spiro atoms. The van der Waals surface area contributed by atoms with Gasteiger partial charge in [-0.15, -0.1) is 54.4 Å². The molecule has 8 heterocycles. The number of fused-ring (bicyclic) bond motifs is 7. The second-order valence-corrected chi connectivity index (χ2v) is 42.4. The van der Waals surface area contributed by atoms with E-state index in [0.29, 0.717) is 20.6 Å². The molecule has 1 aliphatic rings. The van der Waals surface area contributed by atoms with Gasteiger partial charge in [-0.25, -0.2) is 48.1 Å². The lowest BCUT2D eigenvalue weighted by molar-refractivity contribution is -0.167. The number of carboxylic acids is 1. The largest absolute Gasteiger partial charge is 0.494 e. The lowest BCUT2D eigenvalue weighted by atomic mass is 9.79. The highest BCUT2D eigenvalue weighted by atomic mass is 79.9. The highest BCUT2D eigenvalue weighted by Gasteiger charge is 2.52.